The van der Waals surface area contributed by atoms with Crippen LogP contribution in [0, 0.1) is 5.82 Å². The average molecular weight is 323 g/mol. The molecule has 0 unspecified atom stereocenters. The number of anilines is 1. The summed E-state index contributed by atoms with van der Waals surface area (Å²) in [7, 11) is 1.74. The summed E-state index contributed by atoms with van der Waals surface area (Å²) in [6.07, 6.45) is 7.25. The molecule has 4 rings (SSSR count). The summed E-state index contributed by atoms with van der Waals surface area (Å²) in [6, 6.07) is 11.3. The molecule has 2 aliphatic rings. The van der Waals surface area contributed by atoms with E-state index in [0.717, 1.165) is 34.7 Å². The summed E-state index contributed by atoms with van der Waals surface area (Å²) in [6.45, 7) is 0.740. The molecule has 124 valence electrons. The maximum absolute atomic E-state index is 13.6. The molecule has 2 aromatic rings. The van der Waals surface area contributed by atoms with Crippen LogP contribution in [0.2, 0.25) is 0 Å². The van der Waals surface area contributed by atoms with Gasteiger partial charge in [-0.05, 0) is 71.9 Å². The number of methoxy groups -OCH3 is 1. The molecule has 0 bridgehead atoms. The van der Waals surface area contributed by atoms with Gasteiger partial charge in [0.1, 0.15) is 11.6 Å². The first-order valence-corrected chi connectivity index (χ1v) is 8.67. The fourth-order valence-corrected chi connectivity index (χ4v) is 3.95. The Balaban J connectivity index is 1.71. The van der Waals surface area contributed by atoms with E-state index in [0.29, 0.717) is 5.92 Å². The number of ether oxygens (including phenoxy) is 1. The number of benzene rings is 2. The molecule has 1 aliphatic carbocycles. The van der Waals surface area contributed by atoms with Crippen LogP contribution in [-0.4, -0.2) is 13.7 Å². The zero-order valence-corrected chi connectivity index (χ0v) is 13.9. The van der Waals surface area contributed by atoms with Gasteiger partial charge < -0.3 is 10.1 Å². The SMILES string of the molecule is COc1ccc(/C=C2/CNc3ccc(F)cc32)cc1C1CCCC1. The van der Waals surface area contributed by atoms with Crippen molar-refractivity contribution >= 4 is 17.3 Å². The number of nitrogens with one attached hydrogen (secondary N) is 1. The fourth-order valence-electron chi connectivity index (χ4n) is 3.95. The minimum absolute atomic E-state index is 0.190. The van der Waals surface area contributed by atoms with Crippen LogP contribution in [0.3, 0.4) is 0 Å². The molecule has 24 heavy (non-hydrogen) atoms. The second-order valence-corrected chi connectivity index (χ2v) is 6.70. The van der Waals surface area contributed by atoms with E-state index < -0.39 is 0 Å². The quantitative estimate of drug-likeness (QED) is 0.810. The summed E-state index contributed by atoms with van der Waals surface area (Å²) in [5.41, 5.74) is 5.58. The van der Waals surface area contributed by atoms with Crippen molar-refractivity contribution in [2.45, 2.75) is 31.6 Å². The highest BCUT2D eigenvalue weighted by atomic mass is 19.1. The van der Waals surface area contributed by atoms with Gasteiger partial charge in [0.15, 0.2) is 0 Å². The minimum atomic E-state index is -0.190. The first kappa shape index (κ1) is 15.3. The van der Waals surface area contributed by atoms with Crippen molar-refractivity contribution in [3.05, 3.63) is 58.9 Å². The summed E-state index contributed by atoms with van der Waals surface area (Å²) >= 11 is 0. The molecule has 2 aromatic carbocycles. The molecule has 0 aromatic heterocycles. The van der Waals surface area contributed by atoms with Crippen molar-refractivity contribution < 1.29 is 9.13 Å². The fraction of sp³-hybridized carbons (Fsp3) is 0.333. The molecule has 0 radical (unpaired) electrons. The van der Waals surface area contributed by atoms with E-state index >= 15 is 0 Å². The van der Waals surface area contributed by atoms with E-state index in [1.165, 1.54) is 37.3 Å². The van der Waals surface area contributed by atoms with Gasteiger partial charge in [-0.2, -0.15) is 0 Å². The third kappa shape index (κ3) is 2.79. The molecule has 1 N–H and O–H groups in total. The van der Waals surface area contributed by atoms with Crippen LogP contribution in [-0.2, 0) is 0 Å². The summed E-state index contributed by atoms with van der Waals surface area (Å²) in [5.74, 6) is 1.40. The van der Waals surface area contributed by atoms with Gasteiger partial charge in [-0.1, -0.05) is 18.9 Å². The molecule has 1 fully saturated rings. The number of rotatable bonds is 3. The molecule has 1 aliphatic heterocycles. The lowest BCUT2D eigenvalue weighted by Gasteiger charge is -2.15. The predicted octanol–water partition coefficient (Wildman–Crippen LogP) is 5.46. The van der Waals surface area contributed by atoms with Crippen molar-refractivity contribution in [3.8, 4) is 5.75 Å². The van der Waals surface area contributed by atoms with E-state index in [1.807, 2.05) is 6.07 Å². The molecule has 0 saturated heterocycles. The number of hydrogen-bond acceptors (Lipinski definition) is 2. The molecule has 1 saturated carbocycles. The lowest BCUT2D eigenvalue weighted by molar-refractivity contribution is 0.405. The van der Waals surface area contributed by atoms with Gasteiger partial charge in [-0.15, -0.1) is 0 Å². The minimum Gasteiger partial charge on any atom is -0.496 e. The standard InChI is InChI=1S/C21H22FNO/c1-24-21-9-6-14(11-19(21)15-4-2-3-5-15)10-16-13-23-20-8-7-17(22)12-18(16)20/h6-12,15,23H,2-5,13H2,1H3/b16-10-. The number of hydrogen-bond donors (Lipinski definition) is 1. The Morgan fingerprint density at radius 2 is 1.96 bits per heavy atom. The smallest absolute Gasteiger partial charge is 0.123 e. The Morgan fingerprint density at radius 1 is 1.12 bits per heavy atom. The normalized spacial score (nSPS) is 18.7. The third-order valence-electron chi connectivity index (χ3n) is 5.19. The van der Waals surface area contributed by atoms with Gasteiger partial charge in [0.2, 0.25) is 0 Å². The Bertz CT molecular complexity index is 790. The van der Waals surface area contributed by atoms with Crippen molar-refractivity contribution in [2.24, 2.45) is 0 Å². The molecular weight excluding hydrogens is 301 g/mol. The zero-order valence-electron chi connectivity index (χ0n) is 13.9. The predicted molar refractivity (Wildman–Crippen MR) is 97.0 cm³/mol. The van der Waals surface area contributed by atoms with Crippen LogP contribution in [0.1, 0.15) is 48.3 Å². The molecule has 0 spiro atoms. The van der Waals surface area contributed by atoms with Gasteiger partial charge in [0.05, 0.1) is 7.11 Å². The van der Waals surface area contributed by atoms with Gasteiger partial charge in [-0.3, -0.25) is 0 Å². The Labute approximate surface area is 142 Å². The molecule has 3 heteroatoms. The first-order chi connectivity index (χ1) is 11.7. The maximum Gasteiger partial charge on any atom is 0.123 e. The van der Waals surface area contributed by atoms with Gasteiger partial charge in [0, 0.05) is 17.8 Å². The average Bonchev–Trinajstić information content (AvgIpc) is 3.25. The summed E-state index contributed by atoms with van der Waals surface area (Å²) < 4.78 is 19.1. The van der Waals surface area contributed by atoms with E-state index in [2.05, 4.69) is 29.6 Å². The van der Waals surface area contributed by atoms with Crippen LogP contribution in [0.4, 0.5) is 10.1 Å². The van der Waals surface area contributed by atoms with Gasteiger partial charge >= 0.3 is 0 Å². The highest BCUT2D eigenvalue weighted by Gasteiger charge is 2.21. The molecule has 0 amide bonds. The molecule has 2 nitrogen and oxygen atoms in total. The van der Waals surface area contributed by atoms with Crippen LogP contribution < -0.4 is 10.1 Å². The zero-order chi connectivity index (χ0) is 16.5. The third-order valence-corrected chi connectivity index (χ3v) is 5.19. The van der Waals surface area contributed by atoms with E-state index in [1.54, 1.807) is 13.2 Å². The number of halogens is 1. The van der Waals surface area contributed by atoms with Gasteiger partial charge in [-0.25, -0.2) is 4.39 Å². The van der Waals surface area contributed by atoms with Crippen molar-refractivity contribution in [3.63, 3.8) is 0 Å². The Morgan fingerprint density at radius 3 is 2.75 bits per heavy atom. The van der Waals surface area contributed by atoms with Crippen LogP contribution in [0.5, 0.6) is 5.75 Å². The topological polar surface area (TPSA) is 21.3 Å². The highest BCUT2D eigenvalue weighted by molar-refractivity contribution is 5.93. The second kappa shape index (κ2) is 6.31. The largest absolute Gasteiger partial charge is 0.496 e. The van der Waals surface area contributed by atoms with Crippen LogP contribution >= 0.6 is 0 Å². The molecule has 0 atom stereocenters. The first-order valence-electron chi connectivity index (χ1n) is 8.67. The van der Waals surface area contributed by atoms with E-state index in [4.69, 9.17) is 4.74 Å². The lowest BCUT2D eigenvalue weighted by Crippen LogP contribution is -1.98. The lowest BCUT2D eigenvalue weighted by atomic mass is 9.94. The maximum atomic E-state index is 13.6. The van der Waals surface area contributed by atoms with Crippen molar-refractivity contribution in [1.29, 1.82) is 0 Å². The number of fused-ring (bicyclic) bond motifs is 1. The molecule has 1 heterocycles. The van der Waals surface area contributed by atoms with Crippen molar-refractivity contribution in [1.82, 2.24) is 0 Å². The van der Waals surface area contributed by atoms with E-state index in [9.17, 15) is 4.39 Å². The monoisotopic (exact) mass is 323 g/mol. The van der Waals surface area contributed by atoms with Crippen LogP contribution in [0.25, 0.3) is 11.6 Å². The van der Waals surface area contributed by atoms with Crippen LogP contribution in [0.15, 0.2) is 36.4 Å². The van der Waals surface area contributed by atoms with Gasteiger partial charge in [0.25, 0.3) is 0 Å². The molecular formula is C21H22FNO. The second-order valence-electron chi connectivity index (χ2n) is 6.70. The summed E-state index contributed by atoms with van der Waals surface area (Å²) in [4.78, 5) is 0. The Kier molecular flexibility index (Phi) is 4.01. The van der Waals surface area contributed by atoms with E-state index in [-0.39, 0.29) is 5.82 Å². The highest BCUT2D eigenvalue weighted by Crippen LogP contribution is 2.40. The Hall–Kier alpha value is -2.29. The summed E-state index contributed by atoms with van der Waals surface area (Å²) in [5, 5.41) is 3.33. The van der Waals surface area contributed by atoms with Crippen molar-refractivity contribution in [2.75, 3.05) is 19.0 Å².